The van der Waals surface area contributed by atoms with Gasteiger partial charge in [-0.1, -0.05) is 33.7 Å². The summed E-state index contributed by atoms with van der Waals surface area (Å²) in [6, 6.07) is 33.2. The molecule has 0 aromatic heterocycles. The summed E-state index contributed by atoms with van der Waals surface area (Å²) in [7, 11) is 3.26. The number of benzene rings is 6. The van der Waals surface area contributed by atoms with Crippen LogP contribution in [0.5, 0.6) is 23.0 Å². The predicted molar refractivity (Wildman–Crippen MR) is 296 cm³/mol. The molecular weight excluding hydrogens is 1000 g/mol. The van der Waals surface area contributed by atoms with E-state index in [1.807, 2.05) is 18.4 Å². The van der Waals surface area contributed by atoms with Gasteiger partial charge >= 0.3 is 17.9 Å². The highest BCUT2D eigenvalue weighted by atomic mass is 33.1. The summed E-state index contributed by atoms with van der Waals surface area (Å²) in [6.07, 6.45) is 4.65. The van der Waals surface area contributed by atoms with Gasteiger partial charge in [0, 0.05) is 118 Å². The number of nitrogens with zero attached hydrogens (tertiary/aromatic N) is 2. The average Bonchev–Trinajstić information content (AvgIpc) is 3.88. The number of nitrogens with one attached hydrogen (secondary N) is 2. The summed E-state index contributed by atoms with van der Waals surface area (Å²) in [4.78, 5) is 68.9. The van der Waals surface area contributed by atoms with E-state index in [0.717, 1.165) is 75.5 Å². The Labute approximate surface area is 448 Å². The summed E-state index contributed by atoms with van der Waals surface area (Å²) < 4.78 is 32.3. The van der Waals surface area contributed by atoms with Crippen molar-refractivity contribution in [3.63, 3.8) is 0 Å². The fraction of sp³-hybridized carbons (Fsp3) is 0.300. The molecule has 0 saturated heterocycles. The quantitative estimate of drug-likeness (QED) is 0.0348. The van der Waals surface area contributed by atoms with Gasteiger partial charge in [-0.2, -0.15) is 0 Å². The van der Waals surface area contributed by atoms with E-state index in [4.69, 9.17) is 23.4 Å². The van der Waals surface area contributed by atoms with Gasteiger partial charge < -0.3 is 38.9 Å². The van der Waals surface area contributed by atoms with Crippen molar-refractivity contribution in [1.29, 1.82) is 0 Å². The molecule has 5 aliphatic rings. The molecule has 3 aliphatic heterocycles. The van der Waals surface area contributed by atoms with E-state index in [-0.39, 0.29) is 58.0 Å². The first-order valence-electron chi connectivity index (χ1n) is 25.8. The molecule has 5 aromatic rings. The Balaban J connectivity index is 0.855. The van der Waals surface area contributed by atoms with Crippen LogP contribution in [0.2, 0.25) is 0 Å². The van der Waals surface area contributed by atoms with E-state index in [9.17, 15) is 24.0 Å². The Morgan fingerprint density at radius 3 is 1.83 bits per heavy atom. The largest absolute Gasteiger partial charge is 0.456 e. The zero-order chi connectivity index (χ0) is 53.4. The zero-order valence-corrected chi connectivity index (χ0v) is 45.1. The topological polar surface area (TPSA) is 166 Å². The third kappa shape index (κ3) is 9.79. The Morgan fingerprint density at radius 2 is 1.25 bits per heavy atom. The third-order valence-electron chi connectivity index (χ3n) is 14.6. The second-order valence-corrected chi connectivity index (χ2v) is 21.5. The molecule has 2 amide bonds. The zero-order valence-electron chi connectivity index (χ0n) is 43.5. The first kappa shape index (κ1) is 51.9. The van der Waals surface area contributed by atoms with Crippen LogP contribution in [-0.4, -0.2) is 74.2 Å². The van der Waals surface area contributed by atoms with Crippen molar-refractivity contribution in [2.75, 3.05) is 37.3 Å². The molecule has 76 heavy (non-hydrogen) atoms. The van der Waals surface area contributed by atoms with Crippen molar-refractivity contribution in [2.24, 2.45) is 0 Å². The lowest BCUT2D eigenvalue weighted by molar-refractivity contribution is -0.132. The highest BCUT2D eigenvalue weighted by Gasteiger charge is 2.54. The van der Waals surface area contributed by atoms with Crippen molar-refractivity contribution in [3.8, 4) is 45.4 Å². The van der Waals surface area contributed by atoms with Crippen LogP contribution in [0.25, 0.3) is 33.4 Å². The number of ether oxygens (including phenoxy) is 4. The van der Waals surface area contributed by atoms with Crippen molar-refractivity contribution < 1.29 is 47.3 Å². The molecule has 0 bridgehead atoms. The number of carbonyl (C=O) groups excluding carboxylic acids is 5. The minimum Gasteiger partial charge on any atom is -0.456 e. The van der Waals surface area contributed by atoms with Crippen molar-refractivity contribution in [3.05, 3.63) is 148 Å². The molecule has 2 N–H and O–H groups in total. The molecule has 0 unspecified atom stereocenters. The molecule has 5 aromatic carbocycles. The van der Waals surface area contributed by atoms with Crippen LogP contribution in [0.4, 0.5) is 5.69 Å². The van der Waals surface area contributed by atoms with E-state index in [2.05, 4.69) is 90.3 Å². The summed E-state index contributed by atoms with van der Waals surface area (Å²) in [5.74, 6) is -0.432. The Bertz CT molecular complexity index is 3450. The monoisotopic (exact) mass is 1060 g/mol. The molecule has 1 saturated carbocycles. The smallest absolute Gasteiger partial charge is 0.340 e. The minimum atomic E-state index is -1.50. The van der Waals surface area contributed by atoms with Crippen LogP contribution in [0, 0.1) is 0 Å². The number of hydrogen-bond acceptors (Lipinski definition) is 13. The molecule has 0 radical (unpaired) electrons. The summed E-state index contributed by atoms with van der Waals surface area (Å²) in [5, 5.41) is 8.55. The van der Waals surface area contributed by atoms with E-state index in [0.29, 0.717) is 47.9 Å². The highest BCUT2D eigenvalue weighted by molar-refractivity contribution is 8.76. The molecular formula is C60H59N4O10S2+. The second kappa shape index (κ2) is 21.6. The number of fused-ring (bicyclic) bond motifs is 8. The van der Waals surface area contributed by atoms with Gasteiger partial charge in [0.1, 0.15) is 47.4 Å². The van der Waals surface area contributed by atoms with Gasteiger partial charge in [0.05, 0.1) is 11.6 Å². The maximum atomic E-state index is 14.1. The molecule has 1 spiro atoms. The van der Waals surface area contributed by atoms with Crippen molar-refractivity contribution >= 4 is 68.0 Å². The fourth-order valence-corrected chi connectivity index (χ4v) is 12.5. The standard InChI is InChI=1S/C60H58N4O10S2/c1-8-63(9-2)40-18-23-44-51(30-40)72-52-31-41(64(10-3)11-4)19-24-45(52)56(44)46-22-12-37(29-55(46)76-75-7)58(68)62-39-16-14-38(15-17-39)61-57(67)36-13-25-48-47(28-36)59(69)74-60(48)49-26-20-42(70-34(5)65)32-53(49)73-54-33-43(71-35(6)66)21-27-50(54)60/h12-13,18-33,38-39H,8-11,14-17H2,1-7H3,(H-,61,62,67,68)/p+1/t38-,39-. The van der Waals surface area contributed by atoms with Crippen LogP contribution < -0.4 is 39.7 Å². The third-order valence-corrected chi connectivity index (χ3v) is 16.3. The number of amides is 2. The Morgan fingerprint density at radius 1 is 0.671 bits per heavy atom. The van der Waals surface area contributed by atoms with Gasteiger partial charge in [0.15, 0.2) is 5.60 Å². The first-order valence-corrected chi connectivity index (χ1v) is 28.3. The first-order chi connectivity index (χ1) is 36.7. The number of anilines is 1. The highest BCUT2D eigenvalue weighted by Crippen LogP contribution is 2.57. The van der Waals surface area contributed by atoms with E-state index in [1.54, 1.807) is 64.1 Å². The average molecular weight is 1060 g/mol. The van der Waals surface area contributed by atoms with Gasteiger partial charge in [0.2, 0.25) is 5.36 Å². The normalized spacial score (nSPS) is 16.0. The van der Waals surface area contributed by atoms with Gasteiger partial charge in [-0.25, -0.2) is 9.37 Å². The van der Waals surface area contributed by atoms with Crippen LogP contribution in [0.1, 0.15) is 115 Å². The lowest BCUT2D eigenvalue weighted by Gasteiger charge is -2.36. The van der Waals surface area contributed by atoms with E-state index in [1.165, 1.54) is 26.0 Å². The predicted octanol–water partition coefficient (Wildman–Crippen LogP) is 11.1. The lowest BCUT2D eigenvalue weighted by atomic mass is 9.77. The lowest BCUT2D eigenvalue weighted by Crippen LogP contribution is -2.43. The molecule has 3 heterocycles. The van der Waals surface area contributed by atoms with Crippen molar-refractivity contribution in [2.45, 2.75) is 89.8 Å². The molecule has 390 valence electrons. The maximum absolute atomic E-state index is 14.1. The number of rotatable bonds is 14. The SMILES string of the molecule is CCN(CC)c1ccc2c(-c3ccc(C(=O)N[C@H]4CC[C@H](NC(=O)c5ccc6c(c5)C(=O)OC65c6ccc(OC(C)=O)cc6Oc6cc(OC(C)=O)ccc65)CC4)cc3SSC)c3ccc(=[N+](CC)CC)cc-3oc2c1. The number of carbonyl (C=O) groups is 5. The number of esters is 3. The summed E-state index contributed by atoms with van der Waals surface area (Å²) >= 11 is 0. The number of hydrogen-bond donors (Lipinski definition) is 2. The minimum absolute atomic E-state index is 0.0907. The van der Waals surface area contributed by atoms with Crippen LogP contribution >= 0.6 is 21.6 Å². The van der Waals surface area contributed by atoms with Crippen molar-refractivity contribution in [1.82, 2.24) is 15.2 Å². The van der Waals surface area contributed by atoms with Gasteiger partial charge in [0.25, 0.3) is 11.8 Å². The van der Waals surface area contributed by atoms with Gasteiger partial charge in [-0.3, -0.25) is 19.2 Å². The van der Waals surface area contributed by atoms with E-state index >= 15 is 0 Å². The summed E-state index contributed by atoms with van der Waals surface area (Å²) in [6.45, 7) is 14.7. The molecule has 14 nitrogen and oxygen atoms in total. The molecule has 1 fully saturated rings. The Hall–Kier alpha value is -7.56. The van der Waals surface area contributed by atoms with Crippen LogP contribution in [0.3, 0.4) is 0 Å². The fourth-order valence-electron chi connectivity index (χ4n) is 11.0. The summed E-state index contributed by atoms with van der Waals surface area (Å²) in [5.41, 5.74) is 5.97. The maximum Gasteiger partial charge on any atom is 0.340 e. The Kier molecular flexibility index (Phi) is 14.7. The second-order valence-electron chi connectivity index (χ2n) is 19.1. The van der Waals surface area contributed by atoms with Gasteiger partial charge in [-0.05, 0) is 132 Å². The van der Waals surface area contributed by atoms with Crippen LogP contribution in [-0.2, 0) is 19.9 Å². The van der Waals surface area contributed by atoms with Crippen LogP contribution in [0.15, 0.2) is 119 Å². The molecule has 2 aliphatic carbocycles. The van der Waals surface area contributed by atoms with E-state index < -0.39 is 23.5 Å². The van der Waals surface area contributed by atoms with Gasteiger partial charge in [-0.15, -0.1) is 0 Å². The molecule has 10 rings (SSSR count). The molecule has 0 atom stereocenters. The molecule has 16 heteroatoms.